The molecule has 1 heterocycles. The van der Waals surface area contributed by atoms with Gasteiger partial charge in [0.2, 0.25) is 0 Å². The van der Waals surface area contributed by atoms with Crippen LogP contribution in [0.1, 0.15) is 12.2 Å². The van der Waals surface area contributed by atoms with Gasteiger partial charge in [0.1, 0.15) is 17.3 Å². The summed E-state index contributed by atoms with van der Waals surface area (Å²) in [4.78, 5) is 23.9. The SMILES string of the molecule is COc1ccccc1NC(=O)COC(=O)CCc1ccc(-c2ccccc2)o1. The summed E-state index contributed by atoms with van der Waals surface area (Å²) in [7, 11) is 1.52. The first-order chi connectivity index (χ1) is 13.7. The third-order valence-electron chi connectivity index (χ3n) is 4.04. The zero-order chi connectivity index (χ0) is 19.8. The highest BCUT2D eigenvalue weighted by atomic mass is 16.5. The summed E-state index contributed by atoms with van der Waals surface area (Å²) in [6.07, 6.45) is 0.531. The Kier molecular flexibility index (Phi) is 6.46. The Morgan fingerprint density at radius 3 is 2.50 bits per heavy atom. The molecule has 1 amide bonds. The lowest BCUT2D eigenvalue weighted by molar-refractivity contribution is -0.147. The maximum Gasteiger partial charge on any atom is 0.306 e. The smallest absolute Gasteiger partial charge is 0.306 e. The molecule has 3 aromatic rings. The fraction of sp³-hybridized carbons (Fsp3) is 0.182. The fourth-order valence-electron chi connectivity index (χ4n) is 2.65. The molecule has 0 unspecified atom stereocenters. The molecule has 0 aliphatic heterocycles. The minimum absolute atomic E-state index is 0.129. The summed E-state index contributed by atoms with van der Waals surface area (Å²) >= 11 is 0. The van der Waals surface area contributed by atoms with Crippen molar-refractivity contribution in [1.29, 1.82) is 0 Å². The monoisotopic (exact) mass is 379 g/mol. The van der Waals surface area contributed by atoms with Gasteiger partial charge < -0.3 is 19.2 Å². The number of ether oxygens (including phenoxy) is 2. The first-order valence-corrected chi connectivity index (χ1v) is 8.88. The normalized spacial score (nSPS) is 10.3. The summed E-state index contributed by atoms with van der Waals surface area (Å²) in [5, 5.41) is 2.65. The first-order valence-electron chi connectivity index (χ1n) is 8.88. The molecule has 0 saturated heterocycles. The standard InChI is InChI=1S/C22H21NO5/c1-26-20-10-6-5-9-18(20)23-21(24)15-27-22(25)14-12-17-11-13-19(28-17)16-7-3-2-4-8-16/h2-11,13H,12,14-15H2,1H3,(H,23,24). The van der Waals surface area contributed by atoms with Crippen LogP contribution in [0.4, 0.5) is 5.69 Å². The van der Waals surface area contributed by atoms with Gasteiger partial charge in [0.05, 0.1) is 19.2 Å². The Balaban J connectivity index is 1.43. The quantitative estimate of drug-likeness (QED) is 0.597. The van der Waals surface area contributed by atoms with Crippen LogP contribution in [0.5, 0.6) is 5.75 Å². The number of carbonyl (C=O) groups excluding carboxylic acids is 2. The van der Waals surface area contributed by atoms with E-state index in [-0.39, 0.29) is 13.0 Å². The number of esters is 1. The van der Waals surface area contributed by atoms with Gasteiger partial charge in [0.25, 0.3) is 5.91 Å². The Labute approximate surface area is 163 Å². The number of methoxy groups -OCH3 is 1. The number of aryl methyl sites for hydroxylation is 1. The van der Waals surface area contributed by atoms with E-state index < -0.39 is 11.9 Å². The van der Waals surface area contributed by atoms with Gasteiger partial charge in [-0.05, 0) is 24.3 Å². The molecule has 6 nitrogen and oxygen atoms in total. The summed E-state index contributed by atoms with van der Waals surface area (Å²) in [5.41, 5.74) is 1.50. The van der Waals surface area contributed by atoms with Crippen LogP contribution in [-0.4, -0.2) is 25.6 Å². The largest absolute Gasteiger partial charge is 0.495 e. The second-order valence-electron chi connectivity index (χ2n) is 6.04. The van der Waals surface area contributed by atoms with E-state index in [2.05, 4.69) is 5.32 Å². The third-order valence-corrected chi connectivity index (χ3v) is 4.04. The lowest BCUT2D eigenvalue weighted by Gasteiger charge is -2.10. The predicted molar refractivity (Wildman–Crippen MR) is 105 cm³/mol. The molecular formula is C22H21NO5. The van der Waals surface area contributed by atoms with Crippen LogP contribution in [0.15, 0.2) is 71.1 Å². The average molecular weight is 379 g/mol. The Morgan fingerprint density at radius 2 is 1.71 bits per heavy atom. The maximum atomic E-state index is 12.0. The molecule has 0 bridgehead atoms. The van der Waals surface area contributed by atoms with Crippen molar-refractivity contribution < 1.29 is 23.5 Å². The van der Waals surface area contributed by atoms with Gasteiger partial charge in [-0.25, -0.2) is 0 Å². The van der Waals surface area contributed by atoms with Crippen molar-refractivity contribution in [3.05, 3.63) is 72.5 Å². The van der Waals surface area contributed by atoms with Gasteiger partial charge in [-0.2, -0.15) is 0 Å². The number of anilines is 1. The molecule has 0 spiro atoms. The van der Waals surface area contributed by atoms with E-state index >= 15 is 0 Å². The molecule has 0 aliphatic carbocycles. The van der Waals surface area contributed by atoms with Gasteiger partial charge in [-0.1, -0.05) is 42.5 Å². The number of furan rings is 1. The number of nitrogens with one attached hydrogen (secondary N) is 1. The third kappa shape index (κ3) is 5.23. The predicted octanol–water partition coefficient (Wildman–Crippen LogP) is 4.07. The van der Waals surface area contributed by atoms with E-state index in [1.165, 1.54) is 7.11 Å². The average Bonchev–Trinajstić information content (AvgIpc) is 3.21. The molecule has 0 atom stereocenters. The van der Waals surface area contributed by atoms with E-state index in [0.29, 0.717) is 23.6 Å². The molecule has 144 valence electrons. The minimum Gasteiger partial charge on any atom is -0.495 e. The Bertz CT molecular complexity index is 933. The van der Waals surface area contributed by atoms with Crippen molar-refractivity contribution >= 4 is 17.6 Å². The number of rotatable bonds is 8. The van der Waals surface area contributed by atoms with Crippen molar-refractivity contribution in [3.63, 3.8) is 0 Å². The molecule has 0 saturated carbocycles. The number of para-hydroxylation sites is 2. The van der Waals surface area contributed by atoms with Gasteiger partial charge in [-0.15, -0.1) is 0 Å². The van der Waals surface area contributed by atoms with Crippen molar-refractivity contribution in [3.8, 4) is 17.1 Å². The molecule has 1 aromatic heterocycles. The van der Waals surface area contributed by atoms with Crippen LogP contribution in [0.3, 0.4) is 0 Å². The second-order valence-corrected chi connectivity index (χ2v) is 6.04. The number of amides is 1. The first kappa shape index (κ1) is 19.2. The molecule has 28 heavy (non-hydrogen) atoms. The molecular weight excluding hydrogens is 358 g/mol. The van der Waals surface area contributed by atoms with E-state index in [1.807, 2.05) is 42.5 Å². The van der Waals surface area contributed by atoms with E-state index in [4.69, 9.17) is 13.9 Å². The van der Waals surface area contributed by atoms with E-state index in [9.17, 15) is 9.59 Å². The van der Waals surface area contributed by atoms with Gasteiger partial charge in [0.15, 0.2) is 6.61 Å². The Morgan fingerprint density at radius 1 is 0.964 bits per heavy atom. The van der Waals surface area contributed by atoms with Crippen LogP contribution in [0.2, 0.25) is 0 Å². The van der Waals surface area contributed by atoms with Gasteiger partial charge >= 0.3 is 5.97 Å². The maximum absolute atomic E-state index is 12.0. The molecule has 3 rings (SSSR count). The van der Waals surface area contributed by atoms with Gasteiger partial charge in [0, 0.05) is 12.0 Å². The molecule has 6 heteroatoms. The van der Waals surface area contributed by atoms with Crippen molar-refractivity contribution in [2.24, 2.45) is 0 Å². The molecule has 2 aromatic carbocycles. The van der Waals surface area contributed by atoms with Crippen molar-refractivity contribution in [1.82, 2.24) is 0 Å². The Hall–Kier alpha value is -3.54. The molecule has 0 aliphatic rings. The zero-order valence-electron chi connectivity index (χ0n) is 15.5. The van der Waals surface area contributed by atoms with Crippen LogP contribution in [0, 0.1) is 0 Å². The van der Waals surface area contributed by atoms with Crippen molar-refractivity contribution in [2.45, 2.75) is 12.8 Å². The summed E-state index contributed by atoms with van der Waals surface area (Å²) < 4.78 is 15.9. The van der Waals surface area contributed by atoms with Crippen LogP contribution >= 0.6 is 0 Å². The molecule has 0 radical (unpaired) electrons. The zero-order valence-corrected chi connectivity index (χ0v) is 15.5. The highest BCUT2D eigenvalue weighted by molar-refractivity contribution is 5.94. The van der Waals surface area contributed by atoms with E-state index in [0.717, 1.165) is 11.3 Å². The summed E-state index contributed by atoms with van der Waals surface area (Å²) in [6, 6.07) is 20.4. The van der Waals surface area contributed by atoms with E-state index in [1.54, 1.807) is 24.3 Å². The number of hydrogen-bond acceptors (Lipinski definition) is 5. The lowest BCUT2D eigenvalue weighted by atomic mass is 10.2. The van der Waals surface area contributed by atoms with Crippen LogP contribution in [-0.2, 0) is 20.7 Å². The second kappa shape index (κ2) is 9.41. The minimum atomic E-state index is -0.465. The van der Waals surface area contributed by atoms with Crippen molar-refractivity contribution in [2.75, 3.05) is 19.0 Å². The summed E-state index contributed by atoms with van der Waals surface area (Å²) in [6.45, 7) is -0.357. The van der Waals surface area contributed by atoms with Crippen LogP contribution in [0.25, 0.3) is 11.3 Å². The lowest BCUT2D eigenvalue weighted by Crippen LogP contribution is -2.21. The summed E-state index contributed by atoms with van der Waals surface area (Å²) in [5.74, 6) is 1.08. The number of carbonyl (C=O) groups is 2. The van der Waals surface area contributed by atoms with Crippen LogP contribution < -0.4 is 10.1 Å². The number of hydrogen-bond donors (Lipinski definition) is 1. The highest BCUT2D eigenvalue weighted by Gasteiger charge is 2.12. The van der Waals surface area contributed by atoms with Gasteiger partial charge in [-0.3, -0.25) is 9.59 Å². The topological polar surface area (TPSA) is 77.8 Å². The molecule has 0 fully saturated rings. The fourth-order valence-corrected chi connectivity index (χ4v) is 2.65. The highest BCUT2D eigenvalue weighted by Crippen LogP contribution is 2.23. The molecule has 1 N–H and O–H groups in total. The number of benzene rings is 2.